The molecule has 2 saturated heterocycles. The van der Waals surface area contributed by atoms with Crippen LogP contribution < -0.4 is 5.32 Å². The number of ether oxygens (including phenoxy) is 1. The minimum absolute atomic E-state index is 0. The van der Waals surface area contributed by atoms with E-state index in [1.165, 1.54) is 24.0 Å². The number of nitrogens with zero attached hydrogens (tertiary/aromatic N) is 3. The van der Waals surface area contributed by atoms with Crippen LogP contribution in [0.1, 0.15) is 49.8 Å². The fourth-order valence-corrected chi connectivity index (χ4v) is 4.42. The summed E-state index contributed by atoms with van der Waals surface area (Å²) in [5.74, 6) is 1.47. The number of amides is 1. The normalized spacial score (nSPS) is 25.1. The van der Waals surface area contributed by atoms with Crippen LogP contribution in [0.25, 0.3) is 0 Å². The standard InChI is InChI=1S/C23H34N4O2.HI/c1-3-24-23(26-12-13-27(20-10-11-20)21(28)16-26)25-15-19-5-4-14-29-22(19)18-8-6-17(2)7-9-18;/h6-9,19-20,22H,3-5,10-16H2,1-2H3,(H,24,25);1H. The van der Waals surface area contributed by atoms with Gasteiger partial charge in [0.15, 0.2) is 5.96 Å². The number of benzene rings is 1. The molecule has 2 heterocycles. The first-order chi connectivity index (χ1) is 14.2. The van der Waals surface area contributed by atoms with E-state index >= 15 is 0 Å². The molecule has 2 unspecified atom stereocenters. The number of guanidine groups is 1. The zero-order valence-electron chi connectivity index (χ0n) is 18.2. The number of halogens is 1. The summed E-state index contributed by atoms with van der Waals surface area (Å²) in [6, 6.07) is 9.18. The molecule has 1 aromatic rings. The van der Waals surface area contributed by atoms with E-state index in [-0.39, 0.29) is 36.0 Å². The highest BCUT2D eigenvalue weighted by Gasteiger charge is 2.36. The Morgan fingerprint density at radius 3 is 2.63 bits per heavy atom. The Kier molecular flexibility index (Phi) is 8.39. The summed E-state index contributed by atoms with van der Waals surface area (Å²) in [6.45, 7) is 8.64. The third-order valence-electron chi connectivity index (χ3n) is 6.21. The largest absolute Gasteiger partial charge is 0.373 e. The van der Waals surface area contributed by atoms with Crippen molar-refractivity contribution in [1.82, 2.24) is 15.1 Å². The molecule has 7 heteroatoms. The first kappa shape index (κ1) is 23.3. The van der Waals surface area contributed by atoms with Crippen LogP contribution in [0.4, 0.5) is 0 Å². The monoisotopic (exact) mass is 526 g/mol. The summed E-state index contributed by atoms with van der Waals surface area (Å²) in [5, 5.41) is 3.40. The van der Waals surface area contributed by atoms with Crippen molar-refractivity contribution in [3.05, 3.63) is 35.4 Å². The second-order valence-corrected chi connectivity index (χ2v) is 8.54. The molecule has 3 fully saturated rings. The maximum atomic E-state index is 12.5. The van der Waals surface area contributed by atoms with Gasteiger partial charge in [-0.3, -0.25) is 9.79 Å². The Morgan fingerprint density at radius 2 is 1.97 bits per heavy atom. The van der Waals surface area contributed by atoms with Gasteiger partial charge in [0.05, 0.1) is 12.6 Å². The van der Waals surface area contributed by atoms with Crippen molar-refractivity contribution in [2.45, 2.75) is 51.7 Å². The quantitative estimate of drug-likeness (QED) is 0.364. The van der Waals surface area contributed by atoms with Crippen LogP contribution in [0.5, 0.6) is 0 Å². The van der Waals surface area contributed by atoms with Gasteiger partial charge in [0.2, 0.25) is 5.91 Å². The molecule has 1 aliphatic carbocycles. The van der Waals surface area contributed by atoms with Gasteiger partial charge in [0.1, 0.15) is 0 Å². The van der Waals surface area contributed by atoms with Gasteiger partial charge in [-0.2, -0.15) is 0 Å². The third-order valence-corrected chi connectivity index (χ3v) is 6.21. The molecule has 1 aromatic carbocycles. The van der Waals surface area contributed by atoms with Gasteiger partial charge in [0.25, 0.3) is 0 Å². The van der Waals surface area contributed by atoms with Crippen LogP contribution in [0.3, 0.4) is 0 Å². The van der Waals surface area contributed by atoms with Crippen molar-refractivity contribution < 1.29 is 9.53 Å². The van der Waals surface area contributed by atoms with Gasteiger partial charge in [-0.05, 0) is 45.1 Å². The van der Waals surface area contributed by atoms with Crippen LogP contribution in [0.15, 0.2) is 29.3 Å². The number of piperazine rings is 1. The van der Waals surface area contributed by atoms with E-state index in [1.54, 1.807) is 0 Å². The van der Waals surface area contributed by atoms with E-state index in [0.29, 0.717) is 18.5 Å². The van der Waals surface area contributed by atoms with E-state index in [1.807, 2.05) is 0 Å². The summed E-state index contributed by atoms with van der Waals surface area (Å²) in [7, 11) is 0. The minimum Gasteiger partial charge on any atom is -0.373 e. The highest BCUT2D eigenvalue weighted by Crippen LogP contribution is 2.34. The molecule has 1 N–H and O–H groups in total. The summed E-state index contributed by atoms with van der Waals surface area (Å²) < 4.78 is 6.15. The lowest BCUT2D eigenvalue weighted by atomic mass is 9.89. The van der Waals surface area contributed by atoms with Gasteiger partial charge < -0.3 is 19.9 Å². The first-order valence-corrected chi connectivity index (χ1v) is 11.2. The van der Waals surface area contributed by atoms with Crippen LogP contribution in [0, 0.1) is 12.8 Å². The molecule has 166 valence electrons. The smallest absolute Gasteiger partial charge is 0.242 e. The van der Waals surface area contributed by atoms with Crippen molar-refractivity contribution in [3.8, 4) is 0 Å². The predicted molar refractivity (Wildman–Crippen MR) is 130 cm³/mol. The zero-order valence-corrected chi connectivity index (χ0v) is 20.5. The molecule has 2 aliphatic heterocycles. The number of nitrogens with one attached hydrogen (secondary N) is 1. The second kappa shape index (κ2) is 10.8. The van der Waals surface area contributed by atoms with E-state index < -0.39 is 0 Å². The van der Waals surface area contributed by atoms with Crippen molar-refractivity contribution in [2.24, 2.45) is 10.9 Å². The highest BCUT2D eigenvalue weighted by atomic mass is 127. The molecule has 1 saturated carbocycles. The number of carbonyl (C=O) groups is 1. The van der Waals surface area contributed by atoms with Crippen molar-refractivity contribution in [1.29, 1.82) is 0 Å². The molecule has 1 amide bonds. The molecule has 0 radical (unpaired) electrons. The maximum Gasteiger partial charge on any atom is 0.242 e. The van der Waals surface area contributed by atoms with Crippen molar-refractivity contribution in [3.63, 3.8) is 0 Å². The summed E-state index contributed by atoms with van der Waals surface area (Å²) in [5.41, 5.74) is 2.51. The highest BCUT2D eigenvalue weighted by molar-refractivity contribution is 14.0. The lowest BCUT2D eigenvalue weighted by Crippen LogP contribution is -2.55. The summed E-state index contributed by atoms with van der Waals surface area (Å²) >= 11 is 0. The molecule has 2 atom stereocenters. The maximum absolute atomic E-state index is 12.5. The lowest BCUT2D eigenvalue weighted by Gasteiger charge is -2.36. The number of aryl methyl sites for hydroxylation is 1. The fourth-order valence-electron chi connectivity index (χ4n) is 4.42. The van der Waals surface area contributed by atoms with Gasteiger partial charge in [0, 0.05) is 44.7 Å². The Balaban J connectivity index is 0.00000256. The first-order valence-electron chi connectivity index (χ1n) is 11.2. The predicted octanol–water partition coefficient (Wildman–Crippen LogP) is 3.35. The second-order valence-electron chi connectivity index (χ2n) is 8.54. The van der Waals surface area contributed by atoms with E-state index in [9.17, 15) is 4.79 Å². The molecule has 30 heavy (non-hydrogen) atoms. The van der Waals surface area contributed by atoms with E-state index in [0.717, 1.165) is 51.6 Å². The molecular weight excluding hydrogens is 491 g/mol. The number of hydrogen-bond donors (Lipinski definition) is 1. The molecule has 4 rings (SSSR count). The van der Waals surface area contributed by atoms with Crippen LogP contribution in [-0.2, 0) is 9.53 Å². The van der Waals surface area contributed by atoms with Gasteiger partial charge in [-0.25, -0.2) is 0 Å². The van der Waals surface area contributed by atoms with E-state index in [2.05, 4.69) is 53.2 Å². The van der Waals surface area contributed by atoms with Gasteiger partial charge >= 0.3 is 0 Å². The molecular formula is C23H35IN4O2. The molecule has 0 bridgehead atoms. The Labute approximate surface area is 197 Å². The van der Waals surface area contributed by atoms with Crippen LogP contribution in [0.2, 0.25) is 0 Å². The summed E-state index contributed by atoms with van der Waals surface area (Å²) in [6.07, 6.45) is 4.64. The Morgan fingerprint density at radius 1 is 1.20 bits per heavy atom. The number of hydrogen-bond acceptors (Lipinski definition) is 3. The minimum atomic E-state index is 0. The lowest BCUT2D eigenvalue weighted by molar-refractivity contribution is -0.135. The molecule has 0 spiro atoms. The Bertz CT molecular complexity index is 735. The van der Waals surface area contributed by atoms with Crippen LogP contribution >= 0.6 is 24.0 Å². The third kappa shape index (κ3) is 5.66. The SMILES string of the molecule is CCNC(=NCC1CCCOC1c1ccc(C)cc1)N1CCN(C2CC2)C(=O)C1.I. The van der Waals surface area contributed by atoms with Crippen LogP contribution in [-0.4, -0.2) is 67.0 Å². The molecule has 6 nitrogen and oxygen atoms in total. The number of carbonyl (C=O) groups excluding carboxylic acids is 1. The van der Waals surface area contributed by atoms with Gasteiger partial charge in [-0.15, -0.1) is 24.0 Å². The number of rotatable bonds is 5. The molecule has 0 aromatic heterocycles. The molecule has 3 aliphatic rings. The fraction of sp³-hybridized carbons (Fsp3) is 0.652. The Hall–Kier alpha value is -1.35. The average Bonchev–Trinajstić information content (AvgIpc) is 3.57. The van der Waals surface area contributed by atoms with Crippen molar-refractivity contribution >= 4 is 35.8 Å². The van der Waals surface area contributed by atoms with Gasteiger partial charge in [-0.1, -0.05) is 29.8 Å². The zero-order chi connectivity index (χ0) is 20.2. The topological polar surface area (TPSA) is 57.2 Å². The average molecular weight is 526 g/mol. The number of aliphatic imine (C=N–C) groups is 1. The van der Waals surface area contributed by atoms with E-state index in [4.69, 9.17) is 9.73 Å². The van der Waals surface area contributed by atoms with Crippen molar-refractivity contribution in [2.75, 3.05) is 39.3 Å². The summed E-state index contributed by atoms with van der Waals surface area (Å²) in [4.78, 5) is 21.7.